The summed E-state index contributed by atoms with van der Waals surface area (Å²) in [7, 11) is 0. The maximum Gasteiger partial charge on any atom is 0.232 e. The van der Waals surface area contributed by atoms with Crippen molar-refractivity contribution in [2.45, 2.75) is 19.8 Å². The molecule has 0 aliphatic carbocycles. The smallest absolute Gasteiger partial charge is 0.232 e. The molecule has 0 N–H and O–H groups in total. The first-order chi connectivity index (χ1) is 9.22. The Morgan fingerprint density at radius 3 is 2.95 bits per heavy atom. The van der Waals surface area contributed by atoms with E-state index in [2.05, 4.69) is 33.9 Å². The minimum atomic E-state index is 0.386. The van der Waals surface area contributed by atoms with E-state index in [1.54, 1.807) is 12.4 Å². The van der Waals surface area contributed by atoms with Crippen LogP contribution < -0.4 is 0 Å². The Labute approximate surface area is 112 Å². The summed E-state index contributed by atoms with van der Waals surface area (Å²) in [4.78, 5) is 11.0. The Morgan fingerprint density at radius 1 is 1.42 bits per heavy atom. The van der Waals surface area contributed by atoms with Crippen molar-refractivity contribution in [3.8, 4) is 11.4 Å². The summed E-state index contributed by atoms with van der Waals surface area (Å²) in [6.07, 6.45) is 3.49. The lowest BCUT2D eigenvalue weighted by Gasteiger charge is -2.38. The van der Waals surface area contributed by atoms with Crippen LogP contribution in [0.1, 0.15) is 25.7 Å². The van der Waals surface area contributed by atoms with Gasteiger partial charge in [-0.2, -0.15) is 4.98 Å². The second-order valence-corrected chi connectivity index (χ2v) is 5.51. The van der Waals surface area contributed by atoms with E-state index in [1.807, 2.05) is 12.1 Å². The van der Waals surface area contributed by atoms with Crippen LogP contribution >= 0.6 is 0 Å². The predicted molar refractivity (Wildman–Crippen MR) is 71.5 cm³/mol. The molecule has 0 atom stereocenters. The third kappa shape index (κ3) is 2.66. The van der Waals surface area contributed by atoms with E-state index in [0.717, 1.165) is 31.1 Å². The average Bonchev–Trinajstić information content (AvgIpc) is 2.83. The number of pyridine rings is 1. The monoisotopic (exact) mass is 258 g/mol. The molecule has 0 radical (unpaired) electrons. The van der Waals surface area contributed by atoms with Crippen LogP contribution in [0.15, 0.2) is 29.0 Å². The predicted octanol–water partition coefficient (Wildman–Crippen LogP) is 2.19. The molecule has 100 valence electrons. The van der Waals surface area contributed by atoms with Gasteiger partial charge in [0.15, 0.2) is 0 Å². The zero-order valence-corrected chi connectivity index (χ0v) is 11.3. The van der Waals surface area contributed by atoms with Crippen LogP contribution in [-0.2, 0) is 0 Å². The van der Waals surface area contributed by atoms with Crippen LogP contribution in [0.4, 0.5) is 0 Å². The highest BCUT2D eigenvalue weighted by atomic mass is 16.5. The van der Waals surface area contributed by atoms with Gasteiger partial charge in [-0.25, -0.2) is 0 Å². The van der Waals surface area contributed by atoms with Crippen LogP contribution in [0.3, 0.4) is 0 Å². The molecule has 19 heavy (non-hydrogen) atoms. The lowest BCUT2D eigenvalue weighted by atomic mass is 9.98. The van der Waals surface area contributed by atoms with Crippen molar-refractivity contribution in [1.29, 1.82) is 0 Å². The minimum Gasteiger partial charge on any atom is -0.339 e. The van der Waals surface area contributed by atoms with E-state index in [9.17, 15) is 0 Å². The van der Waals surface area contributed by atoms with Gasteiger partial charge in [0.1, 0.15) is 0 Å². The van der Waals surface area contributed by atoms with Gasteiger partial charge >= 0.3 is 0 Å². The number of hydrogen-bond donors (Lipinski definition) is 0. The molecule has 2 aromatic heterocycles. The molecule has 0 unspecified atom stereocenters. The fourth-order valence-corrected chi connectivity index (χ4v) is 2.40. The standard InChI is InChI=1S/C14H18N4O/c1-10(2)7-18-8-12(9-18)14-16-13(17-19-14)11-4-3-5-15-6-11/h3-6,10,12H,7-9H2,1-2H3. The van der Waals surface area contributed by atoms with Crippen molar-refractivity contribution in [2.75, 3.05) is 19.6 Å². The van der Waals surface area contributed by atoms with Gasteiger partial charge < -0.3 is 9.42 Å². The second kappa shape index (κ2) is 5.09. The zero-order chi connectivity index (χ0) is 13.2. The fraction of sp³-hybridized carbons (Fsp3) is 0.500. The van der Waals surface area contributed by atoms with Crippen molar-refractivity contribution in [3.05, 3.63) is 30.4 Å². The number of rotatable bonds is 4. The SMILES string of the molecule is CC(C)CN1CC(c2nc(-c3cccnc3)no2)C1. The lowest BCUT2D eigenvalue weighted by Crippen LogP contribution is -2.46. The van der Waals surface area contributed by atoms with Crippen molar-refractivity contribution >= 4 is 0 Å². The quantitative estimate of drug-likeness (QED) is 0.841. The Kier molecular flexibility index (Phi) is 3.29. The van der Waals surface area contributed by atoms with Gasteiger partial charge in [0, 0.05) is 37.6 Å². The van der Waals surface area contributed by atoms with Crippen LogP contribution in [0, 0.1) is 5.92 Å². The molecule has 0 spiro atoms. The average molecular weight is 258 g/mol. The van der Waals surface area contributed by atoms with E-state index in [-0.39, 0.29) is 0 Å². The summed E-state index contributed by atoms with van der Waals surface area (Å²) in [6.45, 7) is 7.65. The van der Waals surface area contributed by atoms with Gasteiger partial charge in [-0.1, -0.05) is 19.0 Å². The Bertz CT molecular complexity index is 531. The molecular formula is C14H18N4O. The van der Waals surface area contributed by atoms with Gasteiger partial charge in [0.25, 0.3) is 0 Å². The first kappa shape index (κ1) is 12.3. The van der Waals surface area contributed by atoms with Gasteiger partial charge in [-0.05, 0) is 18.1 Å². The van der Waals surface area contributed by atoms with Gasteiger partial charge in [0.05, 0.1) is 5.92 Å². The first-order valence-corrected chi connectivity index (χ1v) is 6.68. The Morgan fingerprint density at radius 2 is 2.26 bits per heavy atom. The van der Waals surface area contributed by atoms with Crippen molar-refractivity contribution in [3.63, 3.8) is 0 Å². The molecule has 5 heteroatoms. The molecule has 5 nitrogen and oxygen atoms in total. The summed E-state index contributed by atoms with van der Waals surface area (Å²) in [5.41, 5.74) is 0.899. The highest BCUT2D eigenvalue weighted by Crippen LogP contribution is 2.27. The van der Waals surface area contributed by atoms with Crippen LogP contribution in [0.2, 0.25) is 0 Å². The Hall–Kier alpha value is -1.75. The van der Waals surface area contributed by atoms with Crippen LogP contribution in [0.25, 0.3) is 11.4 Å². The molecule has 1 aliphatic rings. The van der Waals surface area contributed by atoms with E-state index in [4.69, 9.17) is 4.52 Å². The van der Waals surface area contributed by atoms with E-state index >= 15 is 0 Å². The molecule has 0 saturated carbocycles. The summed E-state index contributed by atoms with van der Waals surface area (Å²) in [5, 5.41) is 4.03. The minimum absolute atomic E-state index is 0.386. The zero-order valence-electron chi connectivity index (χ0n) is 11.3. The van der Waals surface area contributed by atoms with E-state index in [1.165, 1.54) is 0 Å². The summed E-state index contributed by atoms with van der Waals surface area (Å²) in [6, 6.07) is 3.81. The van der Waals surface area contributed by atoms with Crippen molar-refractivity contribution in [1.82, 2.24) is 20.0 Å². The third-order valence-electron chi connectivity index (χ3n) is 3.29. The van der Waals surface area contributed by atoms with E-state index in [0.29, 0.717) is 17.7 Å². The topological polar surface area (TPSA) is 55.1 Å². The maximum atomic E-state index is 5.36. The maximum absolute atomic E-state index is 5.36. The number of aromatic nitrogens is 3. The second-order valence-electron chi connectivity index (χ2n) is 5.51. The number of hydrogen-bond acceptors (Lipinski definition) is 5. The van der Waals surface area contributed by atoms with Gasteiger partial charge in [-0.15, -0.1) is 0 Å². The summed E-state index contributed by atoms with van der Waals surface area (Å²) >= 11 is 0. The van der Waals surface area contributed by atoms with Gasteiger partial charge in [0.2, 0.25) is 11.7 Å². The molecule has 0 bridgehead atoms. The fourth-order valence-electron chi connectivity index (χ4n) is 2.40. The third-order valence-corrected chi connectivity index (χ3v) is 3.29. The van der Waals surface area contributed by atoms with E-state index < -0.39 is 0 Å². The highest BCUT2D eigenvalue weighted by Gasteiger charge is 2.32. The molecule has 1 fully saturated rings. The normalized spacial score (nSPS) is 16.8. The molecule has 0 aromatic carbocycles. The van der Waals surface area contributed by atoms with Crippen LogP contribution in [-0.4, -0.2) is 39.7 Å². The molecule has 0 amide bonds. The first-order valence-electron chi connectivity index (χ1n) is 6.68. The molecule has 3 heterocycles. The molecule has 1 saturated heterocycles. The van der Waals surface area contributed by atoms with Crippen molar-refractivity contribution in [2.24, 2.45) is 5.92 Å². The van der Waals surface area contributed by atoms with Crippen LogP contribution in [0.5, 0.6) is 0 Å². The van der Waals surface area contributed by atoms with Crippen molar-refractivity contribution < 1.29 is 4.52 Å². The number of likely N-dealkylation sites (tertiary alicyclic amines) is 1. The number of nitrogens with zero attached hydrogens (tertiary/aromatic N) is 4. The summed E-state index contributed by atoms with van der Waals surface area (Å²) in [5.74, 6) is 2.47. The Balaban J connectivity index is 1.64. The molecular weight excluding hydrogens is 240 g/mol. The lowest BCUT2D eigenvalue weighted by molar-refractivity contribution is 0.111. The molecule has 1 aliphatic heterocycles. The van der Waals surface area contributed by atoms with Gasteiger partial charge in [-0.3, -0.25) is 4.98 Å². The molecule has 2 aromatic rings. The summed E-state index contributed by atoms with van der Waals surface area (Å²) < 4.78 is 5.36. The highest BCUT2D eigenvalue weighted by molar-refractivity contribution is 5.51. The largest absolute Gasteiger partial charge is 0.339 e. The molecule has 3 rings (SSSR count).